The second-order valence-corrected chi connectivity index (χ2v) is 8.40. The number of anilines is 2. The van der Waals surface area contributed by atoms with E-state index >= 15 is 0 Å². The summed E-state index contributed by atoms with van der Waals surface area (Å²) in [6.45, 7) is 4.33. The molecule has 116 valence electrons. The minimum atomic E-state index is -2.87. The summed E-state index contributed by atoms with van der Waals surface area (Å²) in [5.74, 6) is 2.91. The molecule has 2 fully saturated rings. The third-order valence-electron chi connectivity index (χ3n) is 4.34. The Morgan fingerprint density at radius 1 is 1.24 bits per heavy atom. The van der Waals surface area contributed by atoms with Crippen molar-refractivity contribution in [1.29, 1.82) is 0 Å². The van der Waals surface area contributed by atoms with E-state index in [1.165, 1.54) is 12.8 Å². The number of aromatic nitrogens is 2. The maximum absolute atomic E-state index is 11.5. The van der Waals surface area contributed by atoms with E-state index in [1.54, 1.807) is 6.33 Å². The van der Waals surface area contributed by atoms with Crippen LogP contribution >= 0.6 is 0 Å². The van der Waals surface area contributed by atoms with E-state index in [1.807, 2.05) is 6.07 Å². The van der Waals surface area contributed by atoms with Crippen LogP contribution in [0.1, 0.15) is 26.2 Å². The van der Waals surface area contributed by atoms with Crippen molar-refractivity contribution in [3.63, 3.8) is 0 Å². The average Bonchev–Trinajstić information content (AvgIpc) is 2.79. The van der Waals surface area contributed by atoms with Crippen molar-refractivity contribution < 1.29 is 8.42 Å². The highest BCUT2D eigenvalue weighted by molar-refractivity contribution is 7.91. The molecule has 3 rings (SSSR count). The third-order valence-corrected chi connectivity index (χ3v) is 6.11. The smallest absolute Gasteiger partial charge is 0.152 e. The molecule has 2 aliphatic heterocycles. The molecule has 0 amide bonds. The van der Waals surface area contributed by atoms with Crippen molar-refractivity contribution >= 4 is 21.5 Å². The van der Waals surface area contributed by atoms with Crippen molar-refractivity contribution in [2.75, 3.05) is 34.8 Å². The molecular weight excluding hydrogens is 288 g/mol. The van der Waals surface area contributed by atoms with Gasteiger partial charge >= 0.3 is 0 Å². The zero-order valence-electron chi connectivity index (χ0n) is 12.3. The van der Waals surface area contributed by atoms with Gasteiger partial charge in [0.05, 0.1) is 11.5 Å². The fourth-order valence-corrected chi connectivity index (χ4v) is 4.63. The molecule has 2 aliphatic rings. The Bertz CT molecular complexity index is 597. The number of rotatable bonds is 3. The minimum Gasteiger partial charge on any atom is -0.366 e. The molecule has 0 saturated carbocycles. The van der Waals surface area contributed by atoms with Gasteiger partial charge in [-0.2, -0.15) is 0 Å². The van der Waals surface area contributed by atoms with Crippen molar-refractivity contribution in [2.45, 2.75) is 32.2 Å². The Kier molecular flexibility index (Phi) is 4.01. The first-order chi connectivity index (χ1) is 10.0. The van der Waals surface area contributed by atoms with E-state index in [0.717, 1.165) is 30.6 Å². The van der Waals surface area contributed by atoms with Crippen LogP contribution in [-0.2, 0) is 9.84 Å². The van der Waals surface area contributed by atoms with E-state index in [4.69, 9.17) is 0 Å². The molecule has 2 saturated heterocycles. The number of nitrogens with zero attached hydrogens (tertiary/aromatic N) is 3. The molecular formula is C14H22N4O2S. The van der Waals surface area contributed by atoms with Crippen LogP contribution in [0.2, 0.25) is 0 Å². The molecule has 0 radical (unpaired) electrons. The first-order valence-electron chi connectivity index (χ1n) is 7.56. The maximum atomic E-state index is 11.5. The van der Waals surface area contributed by atoms with Crippen molar-refractivity contribution in [1.82, 2.24) is 9.97 Å². The molecule has 0 aliphatic carbocycles. The van der Waals surface area contributed by atoms with Crippen molar-refractivity contribution in [2.24, 2.45) is 5.92 Å². The summed E-state index contributed by atoms with van der Waals surface area (Å²) < 4.78 is 23.0. The van der Waals surface area contributed by atoms with Crippen LogP contribution in [0.15, 0.2) is 12.4 Å². The predicted molar refractivity (Wildman–Crippen MR) is 83.3 cm³/mol. The van der Waals surface area contributed by atoms with Gasteiger partial charge in [0.1, 0.15) is 18.0 Å². The quantitative estimate of drug-likeness (QED) is 0.907. The number of nitrogens with one attached hydrogen (secondary N) is 1. The standard InChI is InChI=1S/C14H22N4O2S/c1-11-2-5-18(6-3-11)14-8-13(15-10-16-14)17-12-4-7-21(19,20)9-12/h8,10-12H,2-7,9H2,1H3,(H,15,16,17). The van der Waals surface area contributed by atoms with Gasteiger partial charge in [0, 0.05) is 25.2 Å². The normalized spacial score (nSPS) is 26.0. The van der Waals surface area contributed by atoms with Gasteiger partial charge in [0.15, 0.2) is 9.84 Å². The topological polar surface area (TPSA) is 75.2 Å². The Balaban J connectivity index is 1.66. The van der Waals surface area contributed by atoms with Crippen LogP contribution in [0.4, 0.5) is 11.6 Å². The molecule has 21 heavy (non-hydrogen) atoms. The number of hydrogen-bond donors (Lipinski definition) is 1. The Morgan fingerprint density at radius 3 is 2.67 bits per heavy atom. The van der Waals surface area contributed by atoms with Gasteiger partial charge in [-0.15, -0.1) is 0 Å². The zero-order chi connectivity index (χ0) is 14.9. The molecule has 1 unspecified atom stereocenters. The van der Waals surface area contributed by atoms with E-state index in [2.05, 4.69) is 27.1 Å². The fourth-order valence-electron chi connectivity index (χ4n) is 2.95. The summed E-state index contributed by atoms with van der Waals surface area (Å²) in [5, 5.41) is 3.23. The van der Waals surface area contributed by atoms with Crippen LogP contribution in [0.5, 0.6) is 0 Å². The highest BCUT2D eigenvalue weighted by atomic mass is 32.2. The predicted octanol–water partition coefficient (Wildman–Crippen LogP) is 1.31. The van der Waals surface area contributed by atoms with E-state index in [9.17, 15) is 8.42 Å². The molecule has 3 heterocycles. The summed E-state index contributed by atoms with van der Waals surface area (Å²) in [4.78, 5) is 10.8. The Hall–Kier alpha value is -1.37. The Morgan fingerprint density at radius 2 is 2.00 bits per heavy atom. The minimum absolute atomic E-state index is 0.0286. The summed E-state index contributed by atoms with van der Waals surface area (Å²) in [5.41, 5.74) is 0. The van der Waals surface area contributed by atoms with E-state index in [0.29, 0.717) is 6.42 Å². The van der Waals surface area contributed by atoms with Crippen LogP contribution in [0, 0.1) is 5.92 Å². The summed E-state index contributed by atoms with van der Waals surface area (Å²) in [6.07, 6.45) is 4.59. The average molecular weight is 310 g/mol. The summed E-state index contributed by atoms with van der Waals surface area (Å²) >= 11 is 0. The van der Waals surface area contributed by atoms with Gasteiger partial charge < -0.3 is 10.2 Å². The van der Waals surface area contributed by atoms with Gasteiger partial charge in [-0.05, 0) is 25.2 Å². The van der Waals surface area contributed by atoms with Crippen molar-refractivity contribution in [3.05, 3.63) is 12.4 Å². The summed E-state index contributed by atoms with van der Waals surface area (Å²) in [6, 6.07) is 1.90. The number of sulfone groups is 1. The van der Waals surface area contributed by atoms with Crippen LogP contribution < -0.4 is 10.2 Å². The van der Waals surface area contributed by atoms with Gasteiger partial charge in [0.2, 0.25) is 0 Å². The highest BCUT2D eigenvalue weighted by Gasteiger charge is 2.28. The van der Waals surface area contributed by atoms with Crippen molar-refractivity contribution in [3.8, 4) is 0 Å². The van der Waals surface area contributed by atoms with Gasteiger partial charge in [-0.3, -0.25) is 0 Å². The highest BCUT2D eigenvalue weighted by Crippen LogP contribution is 2.23. The Labute approximate surface area is 125 Å². The largest absolute Gasteiger partial charge is 0.366 e. The van der Waals surface area contributed by atoms with E-state index < -0.39 is 9.84 Å². The first-order valence-corrected chi connectivity index (χ1v) is 9.38. The maximum Gasteiger partial charge on any atom is 0.152 e. The fraction of sp³-hybridized carbons (Fsp3) is 0.714. The molecule has 0 spiro atoms. The number of hydrogen-bond acceptors (Lipinski definition) is 6. The lowest BCUT2D eigenvalue weighted by atomic mass is 9.99. The SMILES string of the molecule is CC1CCN(c2cc(NC3CCS(=O)(=O)C3)ncn2)CC1. The second-order valence-electron chi connectivity index (χ2n) is 6.18. The molecule has 0 aromatic carbocycles. The first kappa shape index (κ1) is 14.6. The molecule has 1 aromatic rings. The van der Waals surface area contributed by atoms with Gasteiger partial charge in [-0.25, -0.2) is 18.4 Å². The molecule has 1 N–H and O–H groups in total. The zero-order valence-corrected chi connectivity index (χ0v) is 13.1. The lowest BCUT2D eigenvalue weighted by Gasteiger charge is -2.31. The molecule has 7 heteroatoms. The molecule has 1 atom stereocenters. The molecule has 1 aromatic heterocycles. The molecule has 0 bridgehead atoms. The van der Waals surface area contributed by atoms with Crippen LogP contribution in [0.3, 0.4) is 0 Å². The van der Waals surface area contributed by atoms with Gasteiger partial charge in [0.25, 0.3) is 0 Å². The van der Waals surface area contributed by atoms with E-state index in [-0.39, 0.29) is 17.5 Å². The lowest BCUT2D eigenvalue weighted by Crippen LogP contribution is -2.33. The lowest BCUT2D eigenvalue weighted by molar-refractivity contribution is 0.436. The monoisotopic (exact) mass is 310 g/mol. The molecule has 6 nitrogen and oxygen atoms in total. The van der Waals surface area contributed by atoms with Crippen LogP contribution in [0.25, 0.3) is 0 Å². The second kappa shape index (κ2) is 5.79. The summed E-state index contributed by atoms with van der Waals surface area (Å²) in [7, 11) is -2.87. The van der Waals surface area contributed by atoms with Gasteiger partial charge in [-0.1, -0.05) is 6.92 Å². The third kappa shape index (κ3) is 3.64. The van der Waals surface area contributed by atoms with Crippen LogP contribution in [-0.4, -0.2) is 49.0 Å². The number of piperidine rings is 1.